The van der Waals surface area contributed by atoms with Crippen molar-refractivity contribution >= 4 is 46.8 Å². The fourth-order valence-corrected chi connectivity index (χ4v) is 3.96. The van der Waals surface area contributed by atoms with Gasteiger partial charge in [0.05, 0.1) is 17.5 Å². The van der Waals surface area contributed by atoms with Gasteiger partial charge >= 0.3 is 24.1 Å². The van der Waals surface area contributed by atoms with E-state index in [1.807, 2.05) is 6.07 Å². The lowest BCUT2D eigenvalue weighted by molar-refractivity contribution is -0.146. The second-order valence-electron chi connectivity index (χ2n) is 13.5. The molecule has 0 unspecified atom stereocenters. The van der Waals surface area contributed by atoms with Gasteiger partial charge in [-0.3, -0.25) is 9.59 Å². The zero-order valence-electron chi connectivity index (χ0n) is 27.7. The molecule has 248 valence electrons. The van der Waals surface area contributed by atoms with Gasteiger partial charge in [0.15, 0.2) is 0 Å². The summed E-state index contributed by atoms with van der Waals surface area (Å²) in [7, 11) is 0. The molecular weight excluding hydrogens is 596 g/mol. The number of carbonyl (C=O) groups is 5. The molecule has 1 heterocycles. The summed E-state index contributed by atoms with van der Waals surface area (Å²) >= 11 is 0. The summed E-state index contributed by atoms with van der Waals surface area (Å²) < 4.78 is 22.6. The molecule has 3 aromatic rings. The third kappa shape index (κ3) is 10.9. The number of hydrogen-bond donors (Lipinski definition) is 2. The molecule has 0 fully saturated rings. The van der Waals surface area contributed by atoms with Gasteiger partial charge in [-0.15, -0.1) is 0 Å². The molecule has 1 atom stereocenters. The summed E-state index contributed by atoms with van der Waals surface area (Å²) in [4.78, 5) is 69.2. The molecule has 46 heavy (non-hydrogen) atoms. The van der Waals surface area contributed by atoms with Gasteiger partial charge in [0, 0.05) is 5.69 Å². The maximum Gasteiger partial charge on any atom is 0.420 e. The Bertz CT molecular complexity index is 1590. The molecule has 0 saturated heterocycles. The van der Waals surface area contributed by atoms with E-state index in [9.17, 15) is 24.0 Å². The Labute approximate surface area is 267 Å². The lowest BCUT2D eigenvalue weighted by Gasteiger charge is -2.23. The van der Waals surface area contributed by atoms with Gasteiger partial charge < -0.3 is 29.6 Å². The van der Waals surface area contributed by atoms with Crippen LogP contribution in [0.2, 0.25) is 0 Å². The van der Waals surface area contributed by atoms with Crippen LogP contribution in [0.15, 0.2) is 48.5 Å². The first-order chi connectivity index (χ1) is 21.2. The second-order valence-corrected chi connectivity index (χ2v) is 13.5. The zero-order valence-corrected chi connectivity index (χ0v) is 27.7. The summed E-state index contributed by atoms with van der Waals surface area (Å²) in [5.41, 5.74) is -1.25. The number of benzene rings is 2. The highest BCUT2D eigenvalue weighted by molar-refractivity contribution is 6.02. The van der Waals surface area contributed by atoms with Gasteiger partial charge in [-0.25, -0.2) is 23.9 Å². The molecule has 2 aromatic carbocycles. The van der Waals surface area contributed by atoms with E-state index in [1.165, 1.54) is 18.2 Å². The van der Waals surface area contributed by atoms with E-state index in [0.29, 0.717) is 0 Å². The average molecular weight is 639 g/mol. The van der Waals surface area contributed by atoms with Gasteiger partial charge in [0.25, 0.3) is 0 Å². The van der Waals surface area contributed by atoms with Crippen LogP contribution in [0.4, 0.5) is 15.3 Å². The van der Waals surface area contributed by atoms with Crippen molar-refractivity contribution in [1.29, 1.82) is 0 Å². The smallest absolute Gasteiger partial charge is 0.420 e. The molecule has 0 aliphatic carbocycles. The maximum atomic E-state index is 13.4. The number of amides is 2. The van der Waals surface area contributed by atoms with Crippen LogP contribution in [-0.4, -0.2) is 62.4 Å². The predicted molar refractivity (Wildman–Crippen MR) is 169 cm³/mol. The Morgan fingerprint density at radius 1 is 0.804 bits per heavy atom. The SMILES string of the molecule is CC(C)(C)OC(=O)N[C@@H](CC(=O)OCc1ccccc1)C(=O)Nc1ccc2c(c1)nc(C(=O)OC(C)(C)C)n2C(=O)OC(C)(C)C. The number of rotatable bonds is 8. The summed E-state index contributed by atoms with van der Waals surface area (Å²) in [5.74, 6) is -2.64. The van der Waals surface area contributed by atoms with Gasteiger partial charge in [-0.2, -0.15) is 0 Å². The zero-order chi connectivity index (χ0) is 34.4. The summed E-state index contributed by atoms with van der Waals surface area (Å²) in [6.07, 6.45) is -2.24. The Kier molecular flexibility index (Phi) is 10.8. The molecule has 2 amide bonds. The van der Waals surface area contributed by atoms with Gasteiger partial charge in [0.1, 0.15) is 29.5 Å². The van der Waals surface area contributed by atoms with E-state index in [4.69, 9.17) is 18.9 Å². The molecule has 13 nitrogen and oxygen atoms in total. The Morgan fingerprint density at radius 3 is 2.00 bits per heavy atom. The van der Waals surface area contributed by atoms with Crippen molar-refractivity contribution < 1.29 is 42.9 Å². The normalized spacial score (nSPS) is 12.5. The predicted octanol–water partition coefficient (Wildman–Crippen LogP) is 5.74. The topological polar surface area (TPSA) is 164 Å². The van der Waals surface area contributed by atoms with E-state index in [2.05, 4.69) is 15.6 Å². The van der Waals surface area contributed by atoms with E-state index in [-0.39, 0.29) is 29.2 Å². The summed E-state index contributed by atoms with van der Waals surface area (Å²) in [6, 6.07) is 12.0. The molecule has 0 bridgehead atoms. The number of carbonyl (C=O) groups excluding carboxylic acids is 5. The fourth-order valence-electron chi connectivity index (χ4n) is 3.96. The van der Waals surface area contributed by atoms with Gasteiger partial charge in [0.2, 0.25) is 11.7 Å². The standard InChI is InChI=1S/C33H42N4O9/c1-31(2,3)44-28(40)26-35-22-17-21(15-16-24(22)37(26)30(42)46-33(7,8)9)34-27(39)23(36-29(41)45-32(4,5)6)18-25(38)43-19-20-13-11-10-12-14-20/h10-17,23H,18-19H2,1-9H3,(H,34,39)(H,36,41)/t23-/m0/s1. The largest absolute Gasteiger partial charge is 0.461 e. The van der Waals surface area contributed by atoms with Crippen molar-refractivity contribution in [2.45, 2.75) is 98.2 Å². The minimum atomic E-state index is -1.37. The van der Waals surface area contributed by atoms with E-state index in [1.54, 1.807) is 86.6 Å². The molecule has 0 aliphatic rings. The number of anilines is 1. The van der Waals surface area contributed by atoms with Crippen molar-refractivity contribution in [3.8, 4) is 0 Å². The van der Waals surface area contributed by atoms with Crippen molar-refractivity contribution in [3.63, 3.8) is 0 Å². The van der Waals surface area contributed by atoms with Crippen LogP contribution in [0.5, 0.6) is 0 Å². The highest BCUT2D eigenvalue weighted by atomic mass is 16.6. The Morgan fingerprint density at radius 2 is 1.41 bits per heavy atom. The van der Waals surface area contributed by atoms with Crippen LogP contribution in [0.25, 0.3) is 11.0 Å². The summed E-state index contributed by atoms with van der Waals surface area (Å²) in [5, 5.41) is 5.08. The van der Waals surface area contributed by atoms with Gasteiger partial charge in [-0.05, 0) is 86.1 Å². The molecule has 0 spiro atoms. The number of esters is 2. The number of nitrogens with one attached hydrogen (secondary N) is 2. The molecule has 0 radical (unpaired) electrons. The average Bonchev–Trinajstić information content (AvgIpc) is 3.28. The molecule has 2 N–H and O–H groups in total. The number of fused-ring (bicyclic) bond motifs is 1. The highest BCUT2D eigenvalue weighted by Crippen LogP contribution is 2.24. The lowest BCUT2D eigenvalue weighted by atomic mass is 10.1. The van der Waals surface area contributed by atoms with Crippen molar-refractivity contribution in [3.05, 3.63) is 59.9 Å². The third-order valence-corrected chi connectivity index (χ3v) is 5.70. The van der Waals surface area contributed by atoms with Crippen LogP contribution in [-0.2, 0) is 35.1 Å². The van der Waals surface area contributed by atoms with E-state index >= 15 is 0 Å². The van der Waals surface area contributed by atoms with Crippen LogP contribution < -0.4 is 10.6 Å². The first kappa shape index (κ1) is 35.5. The monoisotopic (exact) mass is 638 g/mol. The van der Waals surface area contributed by atoms with Crippen LogP contribution in [0.3, 0.4) is 0 Å². The van der Waals surface area contributed by atoms with Crippen molar-refractivity contribution in [2.24, 2.45) is 0 Å². The van der Waals surface area contributed by atoms with E-state index in [0.717, 1.165) is 10.1 Å². The number of imidazole rings is 1. The second kappa shape index (κ2) is 14.0. The van der Waals surface area contributed by atoms with Gasteiger partial charge in [-0.1, -0.05) is 30.3 Å². The highest BCUT2D eigenvalue weighted by Gasteiger charge is 2.31. The fraction of sp³-hybridized carbons (Fsp3) is 0.455. The van der Waals surface area contributed by atoms with Crippen LogP contribution >= 0.6 is 0 Å². The minimum Gasteiger partial charge on any atom is -0.461 e. The third-order valence-electron chi connectivity index (χ3n) is 5.70. The number of aromatic nitrogens is 2. The first-order valence-electron chi connectivity index (χ1n) is 14.7. The van der Waals surface area contributed by atoms with Crippen LogP contribution in [0, 0.1) is 0 Å². The number of nitrogens with zero attached hydrogens (tertiary/aromatic N) is 2. The van der Waals surface area contributed by atoms with Crippen molar-refractivity contribution in [2.75, 3.05) is 5.32 Å². The lowest BCUT2D eigenvalue weighted by Crippen LogP contribution is -2.47. The van der Waals surface area contributed by atoms with Crippen LogP contribution in [0.1, 0.15) is 84.9 Å². The van der Waals surface area contributed by atoms with E-state index < -0.39 is 59.3 Å². The molecule has 3 rings (SSSR count). The molecule has 1 aromatic heterocycles. The molecule has 0 aliphatic heterocycles. The Balaban J connectivity index is 1.89. The molecule has 13 heteroatoms. The molecular formula is C33H42N4O9. The number of alkyl carbamates (subject to hydrolysis) is 1. The number of ether oxygens (including phenoxy) is 4. The molecule has 0 saturated carbocycles. The quantitative estimate of drug-likeness (QED) is 0.230. The Hall–Kier alpha value is -4.94. The summed E-state index contributed by atoms with van der Waals surface area (Å²) in [6.45, 7) is 15.1. The minimum absolute atomic E-state index is 0.0165. The van der Waals surface area contributed by atoms with Crippen molar-refractivity contribution in [1.82, 2.24) is 14.9 Å². The first-order valence-corrected chi connectivity index (χ1v) is 14.7. The number of hydrogen-bond acceptors (Lipinski definition) is 10. The maximum absolute atomic E-state index is 13.4.